The number of nitrogens with one attached hydrogen (secondary N) is 1. The normalized spacial score (nSPS) is 19.1. The van der Waals surface area contributed by atoms with Crippen LogP contribution in [0.15, 0.2) is 76.4 Å². The fourth-order valence-corrected chi connectivity index (χ4v) is 6.35. The second-order valence-corrected chi connectivity index (χ2v) is 11.2. The summed E-state index contributed by atoms with van der Waals surface area (Å²) >= 11 is 0. The lowest BCUT2D eigenvalue weighted by Gasteiger charge is -2.28. The van der Waals surface area contributed by atoms with E-state index in [0.29, 0.717) is 35.9 Å². The van der Waals surface area contributed by atoms with Gasteiger partial charge < -0.3 is 14.6 Å². The van der Waals surface area contributed by atoms with Crippen molar-refractivity contribution in [1.29, 1.82) is 0 Å². The summed E-state index contributed by atoms with van der Waals surface area (Å²) in [5, 5.41) is 2.80. The number of aromatic nitrogens is 1. The molecule has 1 fully saturated rings. The third kappa shape index (κ3) is 4.37. The summed E-state index contributed by atoms with van der Waals surface area (Å²) in [7, 11) is -3.75. The van der Waals surface area contributed by atoms with Crippen molar-refractivity contribution < 1.29 is 17.9 Å². The Bertz CT molecular complexity index is 1410. The van der Waals surface area contributed by atoms with E-state index in [4.69, 9.17) is 4.74 Å². The van der Waals surface area contributed by atoms with Gasteiger partial charge in [-0.2, -0.15) is 4.31 Å². The summed E-state index contributed by atoms with van der Waals surface area (Å²) in [4.78, 5) is 24.9. The molecule has 0 unspecified atom stereocenters. The zero-order chi connectivity index (χ0) is 24.7. The molecular formula is C26H27N3O5S. The van der Waals surface area contributed by atoms with Crippen LogP contribution in [0.4, 0.5) is 5.69 Å². The van der Waals surface area contributed by atoms with Gasteiger partial charge in [0, 0.05) is 29.6 Å². The summed E-state index contributed by atoms with van der Waals surface area (Å²) in [6.07, 6.45) is 0.605. The van der Waals surface area contributed by atoms with Crippen molar-refractivity contribution in [3.63, 3.8) is 0 Å². The first-order valence-corrected chi connectivity index (χ1v) is 13.1. The second-order valence-electron chi connectivity index (χ2n) is 9.35. The molecule has 9 heteroatoms. The molecule has 182 valence electrons. The number of benzene rings is 2. The van der Waals surface area contributed by atoms with Gasteiger partial charge in [-0.05, 0) is 66.9 Å². The van der Waals surface area contributed by atoms with Gasteiger partial charge in [-0.1, -0.05) is 19.9 Å². The van der Waals surface area contributed by atoms with Gasteiger partial charge in [0.15, 0.2) is 0 Å². The van der Waals surface area contributed by atoms with Crippen molar-refractivity contribution in [3.05, 3.63) is 88.3 Å². The number of hydrogen-bond acceptors (Lipinski definition) is 5. The Morgan fingerprint density at radius 3 is 2.46 bits per heavy atom. The van der Waals surface area contributed by atoms with E-state index >= 15 is 0 Å². The molecule has 2 aromatic carbocycles. The molecule has 1 amide bonds. The van der Waals surface area contributed by atoms with Gasteiger partial charge in [-0.3, -0.25) is 9.59 Å². The molecule has 8 nitrogen and oxygen atoms in total. The predicted octanol–water partition coefficient (Wildman–Crippen LogP) is 3.83. The number of fused-ring (bicyclic) bond motifs is 5. The highest BCUT2D eigenvalue weighted by molar-refractivity contribution is 7.89. The fraction of sp³-hybridized carbons (Fsp3) is 0.308. The highest BCUT2D eigenvalue weighted by Crippen LogP contribution is 2.46. The van der Waals surface area contributed by atoms with Gasteiger partial charge >= 0.3 is 0 Å². The number of rotatable bonds is 7. The molecule has 3 heterocycles. The minimum atomic E-state index is -3.75. The minimum absolute atomic E-state index is 0.0927. The highest BCUT2D eigenvalue weighted by atomic mass is 32.2. The molecule has 2 aliphatic rings. The zero-order valence-electron chi connectivity index (χ0n) is 19.5. The van der Waals surface area contributed by atoms with E-state index in [1.54, 1.807) is 47.0 Å². The minimum Gasteiger partial charge on any atom is -0.493 e. The van der Waals surface area contributed by atoms with Gasteiger partial charge in [0.25, 0.3) is 11.5 Å². The molecule has 5 rings (SSSR count). The molecule has 0 aliphatic carbocycles. The highest BCUT2D eigenvalue weighted by Gasteiger charge is 2.48. The van der Waals surface area contributed by atoms with Crippen LogP contribution in [0.5, 0.6) is 5.75 Å². The maximum absolute atomic E-state index is 13.3. The average Bonchev–Trinajstić information content (AvgIpc) is 3.44. The lowest BCUT2D eigenvalue weighted by molar-refractivity contribution is 0.102. The van der Waals surface area contributed by atoms with E-state index in [1.165, 1.54) is 22.5 Å². The maximum atomic E-state index is 13.3. The third-order valence-electron chi connectivity index (χ3n) is 6.38. The van der Waals surface area contributed by atoms with Gasteiger partial charge in [-0.25, -0.2) is 8.42 Å². The molecule has 1 saturated heterocycles. The van der Waals surface area contributed by atoms with Crippen LogP contribution in [-0.2, 0) is 10.0 Å². The van der Waals surface area contributed by atoms with Crippen molar-refractivity contribution >= 4 is 21.6 Å². The average molecular weight is 494 g/mol. The Hall–Kier alpha value is -3.43. The van der Waals surface area contributed by atoms with Gasteiger partial charge in [0.05, 0.1) is 23.6 Å². The Kier molecular flexibility index (Phi) is 5.98. The first kappa shape index (κ1) is 23.3. The lowest BCUT2D eigenvalue weighted by atomic mass is 10.2. The van der Waals surface area contributed by atoms with Crippen LogP contribution < -0.4 is 15.6 Å². The third-order valence-corrected chi connectivity index (χ3v) is 8.27. The fourth-order valence-electron chi connectivity index (χ4n) is 4.70. The van der Waals surface area contributed by atoms with Crippen molar-refractivity contribution in [2.75, 3.05) is 18.5 Å². The molecule has 0 spiro atoms. The van der Waals surface area contributed by atoms with Gasteiger partial charge in [0.1, 0.15) is 5.75 Å². The molecule has 0 radical (unpaired) electrons. The summed E-state index contributed by atoms with van der Waals surface area (Å²) in [6.45, 7) is 5.01. The number of sulfonamides is 1. The first-order chi connectivity index (χ1) is 16.7. The topological polar surface area (TPSA) is 97.7 Å². The Labute approximate surface area is 204 Å². The first-order valence-electron chi connectivity index (χ1n) is 11.6. The predicted molar refractivity (Wildman–Crippen MR) is 132 cm³/mol. The van der Waals surface area contributed by atoms with Crippen molar-refractivity contribution in [2.24, 2.45) is 5.92 Å². The summed E-state index contributed by atoms with van der Waals surface area (Å²) < 4.78 is 35.5. The van der Waals surface area contributed by atoms with E-state index in [1.807, 2.05) is 6.07 Å². The zero-order valence-corrected chi connectivity index (χ0v) is 20.4. The smallest absolute Gasteiger partial charge is 0.255 e. The molecule has 3 aromatic rings. The number of amides is 1. The molecule has 0 saturated carbocycles. The molecule has 1 N–H and O–H groups in total. The van der Waals surface area contributed by atoms with Crippen LogP contribution in [0.2, 0.25) is 0 Å². The van der Waals surface area contributed by atoms with E-state index in [0.717, 1.165) is 5.69 Å². The van der Waals surface area contributed by atoms with Crippen molar-refractivity contribution in [1.82, 2.24) is 8.87 Å². The van der Waals surface area contributed by atoms with Crippen LogP contribution in [0.1, 0.15) is 48.4 Å². The molecule has 2 atom stereocenters. The molecule has 2 aliphatic heterocycles. The Balaban J connectivity index is 1.27. The number of hydrogen-bond donors (Lipinski definition) is 1. The SMILES string of the molecule is CC(C)COc1ccc(C(=O)Nc2ccc(S(=O)(=O)N3C[C@@H]4C[C@@H]3c3cccc(=O)n34)cc2)cc1. The number of ether oxygens (including phenoxy) is 1. The maximum Gasteiger partial charge on any atom is 0.255 e. The largest absolute Gasteiger partial charge is 0.493 e. The van der Waals surface area contributed by atoms with E-state index < -0.39 is 10.0 Å². The summed E-state index contributed by atoms with van der Waals surface area (Å²) in [5.41, 5.74) is 1.61. The number of anilines is 1. The second kappa shape index (κ2) is 8.98. The molecule has 1 aromatic heterocycles. The van der Waals surface area contributed by atoms with Crippen LogP contribution in [0.3, 0.4) is 0 Å². The summed E-state index contributed by atoms with van der Waals surface area (Å²) in [5.74, 6) is 0.814. The summed E-state index contributed by atoms with van der Waals surface area (Å²) in [6, 6.07) is 17.6. The van der Waals surface area contributed by atoms with E-state index in [9.17, 15) is 18.0 Å². The Morgan fingerprint density at radius 1 is 1.06 bits per heavy atom. The van der Waals surface area contributed by atoms with Gasteiger partial charge in [0.2, 0.25) is 10.0 Å². The number of nitrogens with zero attached hydrogens (tertiary/aromatic N) is 2. The van der Waals surface area contributed by atoms with E-state index in [2.05, 4.69) is 19.2 Å². The number of carbonyl (C=O) groups is 1. The van der Waals surface area contributed by atoms with Crippen molar-refractivity contribution in [2.45, 2.75) is 37.2 Å². The number of pyridine rings is 1. The van der Waals surface area contributed by atoms with Crippen LogP contribution in [0.25, 0.3) is 0 Å². The van der Waals surface area contributed by atoms with Crippen LogP contribution >= 0.6 is 0 Å². The van der Waals surface area contributed by atoms with E-state index in [-0.39, 0.29) is 35.0 Å². The molecule has 2 bridgehead atoms. The quantitative estimate of drug-likeness (QED) is 0.540. The van der Waals surface area contributed by atoms with Crippen LogP contribution in [0, 0.1) is 5.92 Å². The standard InChI is InChI=1S/C26H27N3O5S/c1-17(2)16-34-21-10-6-18(7-11-21)26(31)27-19-8-12-22(13-9-19)35(32,33)28-15-20-14-24(28)23-4-3-5-25(30)29(20)23/h3-13,17,20,24H,14-16H2,1-2H3,(H,27,31)/t20-,24+/m0/s1. The Morgan fingerprint density at radius 2 is 1.77 bits per heavy atom. The molecule has 35 heavy (non-hydrogen) atoms. The lowest BCUT2D eigenvalue weighted by Crippen LogP contribution is -2.38. The molecular weight excluding hydrogens is 466 g/mol. The monoisotopic (exact) mass is 493 g/mol. The number of carbonyl (C=O) groups excluding carboxylic acids is 1. The van der Waals surface area contributed by atoms with Crippen LogP contribution in [-0.4, -0.2) is 36.3 Å². The van der Waals surface area contributed by atoms with Crippen molar-refractivity contribution in [3.8, 4) is 5.75 Å². The van der Waals surface area contributed by atoms with Gasteiger partial charge in [-0.15, -0.1) is 0 Å².